The van der Waals surface area contributed by atoms with E-state index in [4.69, 9.17) is 5.73 Å². The number of rotatable bonds is 4. The van der Waals surface area contributed by atoms with E-state index in [1.165, 1.54) is 29.7 Å². The molecule has 2 aliphatic heterocycles. The van der Waals surface area contributed by atoms with Crippen LogP contribution in [0.1, 0.15) is 25.7 Å². The lowest BCUT2D eigenvalue weighted by molar-refractivity contribution is -0.112. The van der Waals surface area contributed by atoms with Crippen LogP contribution < -0.4 is 21.7 Å². The zero-order chi connectivity index (χ0) is 19.8. The fraction of sp³-hybridized carbons (Fsp3) is 0.435. The van der Waals surface area contributed by atoms with E-state index in [1.807, 2.05) is 18.2 Å². The zero-order valence-electron chi connectivity index (χ0n) is 16.8. The topological polar surface area (TPSA) is 82.4 Å². The quantitative estimate of drug-likeness (QED) is 0.593. The van der Waals surface area contributed by atoms with Crippen LogP contribution in [-0.2, 0) is 4.79 Å². The average Bonchev–Trinajstić information content (AvgIpc) is 3.60. The van der Waals surface area contributed by atoms with Crippen LogP contribution in [0.15, 0.2) is 58.5 Å². The number of para-hydroxylation sites is 2. The van der Waals surface area contributed by atoms with E-state index < -0.39 is 0 Å². The number of nitrogens with two attached hydrogens (primary N) is 1. The summed E-state index contributed by atoms with van der Waals surface area (Å²) in [4.78, 5) is 15.4. The molecule has 5 N–H and O–H groups in total. The molecule has 6 heteroatoms. The molecule has 29 heavy (non-hydrogen) atoms. The number of nitrogen functional groups attached to an aromatic ring is 1. The molecule has 4 aliphatic rings. The van der Waals surface area contributed by atoms with Crippen LogP contribution in [0.5, 0.6) is 0 Å². The molecule has 1 saturated heterocycles. The second kappa shape index (κ2) is 7.59. The first kappa shape index (κ1) is 18.3. The Morgan fingerprint density at radius 3 is 2.69 bits per heavy atom. The molecule has 152 valence electrons. The van der Waals surface area contributed by atoms with Crippen molar-refractivity contribution in [3.05, 3.63) is 58.5 Å². The molecule has 0 unspecified atom stereocenters. The molecule has 0 aromatic heterocycles. The maximum atomic E-state index is 12.8. The molecule has 0 bridgehead atoms. The fourth-order valence-electron chi connectivity index (χ4n) is 4.66. The molecule has 2 aliphatic carbocycles. The zero-order valence-corrected chi connectivity index (χ0v) is 16.8. The van der Waals surface area contributed by atoms with Gasteiger partial charge in [-0.15, -0.1) is 0 Å². The van der Waals surface area contributed by atoms with E-state index in [9.17, 15) is 4.79 Å². The number of dihydropyridines is 1. The second-order valence-electron chi connectivity index (χ2n) is 8.34. The van der Waals surface area contributed by atoms with Gasteiger partial charge in [0, 0.05) is 49.7 Å². The minimum absolute atomic E-state index is 0.0770. The first-order valence-corrected chi connectivity index (χ1v) is 10.7. The van der Waals surface area contributed by atoms with Crippen molar-refractivity contribution in [2.45, 2.75) is 25.7 Å². The summed E-state index contributed by atoms with van der Waals surface area (Å²) in [6, 6.07) is 7.39. The summed E-state index contributed by atoms with van der Waals surface area (Å²) >= 11 is 0. The molecule has 0 spiro atoms. The largest absolute Gasteiger partial charge is 0.397 e. The Kier molecular flexibility index (Phi) is 4.79. The normalized spacial score (nSPS) is 22.1. The van der Waals surface area contributed by atoms with Crippen LogP contribution in [-0.4, -0.2) is 43.5 Å². The van der Waals surface area contributed by atoms with Crippen LogP contribution in [0.4, 0.5) is 11.4 Å². The number of piperazine rings is 1. The van der Waals surface area contributed by atoms with E-state index >= 15 is 0 Å². The van der Waals surface area contributed by atoms with Crippen molar-refractivity contribution < 1.29 is 4.79 Å². The van der Waals surface area contributed by atoms with Gasteiger partial charge < -0.3 is 26.6 Å². The molecule has 6 nitrogen and oxygen atoms in total. The smallest absolute Gasteiger partial charge is 0.253 e. The van der Waals surface area contributed by atoms with Gasteiger partial charge in [-0.3, -0.25) is 4.79 Å². The summed E-state index contributed by atoms with van der Waals surface area (Å²) in [6.07, 6.45) is 6.74. The molecular weight excluding hydrogens is 362 g/mol. The SMILES string of the molecule is Nc1ccccc1NC(=O)C1=CC2=C(NC1)C(C1CC1)=C(N1CCNCC1)CC2. The van der Waals surface area contributed by atoms with Crippen molar-refractivity contribution in [3.63, 3.8) is 0 Å². The third kappa shape index (κ3) is 3.65. The first-order chi connectivity index (χ1) is 14.2. The highest BCUT2D eigenvalue weighted by Gasteiger charge is 2.37. The number of benzene rings is 1. The summed E-state index contributed by atoms with van der Waals surface area (Å²) in [5.41, 5.74) is 13.6. The highest BCUT2D eigenvalue weighted by Crippen LogP contribution is 2.46. The summed E-state index contributed by atoms with van der Waals surface area (Å²) in [7, 11) is 0. The van der Waals surface area contributed by atoms with Crippen LogP contribution >= 0.6 is 0 Å². The van der Waals surface area contributed by atoms with Crippen LogP contribution in [0, 0.1) is 5.92 Å². The van der Waals surface area contributed by atoms with Crippen LogP contribution in [0.3, 0.4) is 0 Å². The van der Waals surface area contributed by atoms with Gasteiger partial charge >= 0.3 is 0 Å². The Hall–Kier alpha value is -2.73. The van der Waals surface area contributed by atoms with Gasteiger partial charge in [0.1, 0.15) is 0 Å². The van der Waals surface area contributed by atoms with Gasteiger partial charge in [-0.2, -0.15) is 0 Å². The molecule has 1 aromatic carbocycles. The number of nitrogens with one attached hydrogen (secondary N) is 3. The fourth-order valence-corrected chi connectivity index (χ4v) is 4.66. The van der Waals surface area contributed by atoms with Crippen molar-refractivity contribution in [1.82, 2.24) is 15.5 Å². The van der Waals surface area contributed by atoms with Gasteiger partial charge in [0.25, 0.3) is 5.91 Å². The molecule has 2 fully saturated rings. The molecule has 1 saturated carbocycles. The van der Waals surface area contributed by atoms with E-state index in [2.05, 4.69) is 26.9 Å². The molecular formula is C23H29N5O. The lowest BCUT2D eigenvalue weighted by Crippen LogP contribution is -2.44. The lowest BCUT2D eigenvalue weighted by atomic mass is 9.86. The second-order valence-corrected chi connectivity index (χ2v) is 8.34. The number of carbonyl (C=O) groups excluding carboxylic acids is 1. The summed E-state index contributed by atoms with van der Waals surface area (Å²) in [5.74, 6) is 0.609. The molecule has 1 amide bonds. The van der Waals surface area contributed by atoms with E-state index in [0.717, 1.165) is 44.6 Å². The van der Waals surface area contributed by atoms with Gasteiger partial charge in [0.2, 0.25) is 0 Å². The van der Waals surface area contributed by atoms with Gasteiger partial charge in [-0.1, -0.05) is 12.1 Å². The number of hydrogen-bond donors (Lipinski definition) is 4. The number of nitrogens with zero attached hydrogens (tertiary/aromatic N) is 1. The van der Waals surface area contributed by atoms with Gasteiger partial charge in [-0.25, -0.2) is 0 Å². The summed E-state index contributed by atoms with van der Waals surface area (Å²) < 4.78 is 0. The van der Waals surface area contributed by atoms with Gasteiger partial charge in [0.15, 0.2) is 0 Å². The van der Waals surface area contributed by atoms with Gasteiger partial charge in [-0.05, 0) is 61.0 Å². The van der Waals surface area contributed by atoms with Crippen molar-refractivity contribution in [1.29, 1.82) is 0 Å². The van der Waals surface area contributed by atoms with Gasteiger partial charge in [0.05, 0.1) is 11.4 Å². The molecule has 0 radical (unpaired) electrons. The summed E-state index contributed by atoms with van der Waals surface area (Å²) in [6.45, 7) is 4.87. The van der Waals surface area contributed by atoms with Crippen molar-refractivity contribution in [2.75, 3.05) is 43.8 Å². The molecule has 5 rings (SSSR count). The Morgan fingerprint density at radius 2 is 1.93 bits per heavy atom. The number of hydrogen-bond acceptors (Lipinski definition) is 5. The maximum absolute atomic E-state index is 12.8. The number of allylic oxidation sites excluding steroid dienone is 4. The van der Waals surface area contributed by atoms with E-state index in [1.54, 1.807) is 11.8 Å². The van der Waals surface area contributed by atoms with Crippen molar-refractivity contribution >= 4 is 17.3 Å². The Labute approximate surface area is 171 Å². The Bertz CT molecular complexity index is 919. The Balaban J connectivity index is 1.41. The minimum Gasteiger partial charge on any atom is -0.397 e. The molecule has 2 heterocycles. The molecule has 1 aromatic rings. The number of anilines is 2. The highest BCUT2D eigenvalue weighted by molar-refractivity contribution is 6.06. The summed E-state index contributed by atoms with van der Waals surface area (Å²) in [5, 5.41) is 10.0. The predicted molar refractivity (Wildman–Crippen MR) is 116 cm³/mol. The predicted octanol–water partition coefficient (Wildman–Crippen LogP) is 2.35. The van der Waals surface area contributed by atoms with Crippen LogP contribution in [0.25, 0.3) is 0 Å². The van der Waals surface area contributed by atoms with Crippen molar-refractivity contribution in [2.24, 2.45) is 5.92 Å². The van der Waals surface area contributed by atoms with E-state index in [0.29, 0.717) is 23.8 Å². The lowest BCUT2D eigenvalue weighted by Gasteiger charge is -2.38. The number of carbonyl (C=O) groups is 1. The van der Waals surface area contributed by atoms with Crippen LogP contribution in [0.2, 0.25) is 0 Å². The number of amides is 1. The average molecular weight is 392 g/mol. The van der Waals surface area contributed by atoms with Crippen molar-refractivity contribution in [3.8, 4) is 0 Å². The molecule has 0 atom stereocenters. The Morgan fingerprint density at radius 1 is 1.14 bits per heavy atom. The minimum atomic E-state index is -0.0770. The monoisotopic (exact) mass is 391 g/mol. The highest BCUT2D eigenvalue weighted by atomic mass is 16.1. The third-order valence-corrected chi connectivity index (χ3v) is 6.32. The van der Waals surface area contributed by atoms with E-state index in [-0.39, 0.29) is 5.91 Å². The standard InChI is InChI=1S/C23H29N5O/c24-18-3-1-2-4-19(18)27-23(29)17-13-16-7-8-20(28-11-9-25-10-12-28)21(15-5-6-15)22(16)26-14-17/h1-4,13,15,25-26H,5-12,14,24H2,(H,27,29). The first-order valence-electron chi connectivity index (χ1n) is 10.7. The third-order valence-electron chi connectivity index (χ3n) is 6.32. The maximum Gasteiger partial charge on any atom is 0.253 e.